The standard InChI is InChI=1S/C23H30N4O2Si/c1-15(29-30(6,7)23(2,3)4)27-14-18(17-12-16(28-5)8-9-21(17)27)19-13-20-22(26-19)25-11-10-24-20/h8-15H,1-7H3,(H,25,26). The number of hydrogen-bond donors (Lipinski definition) is 1. The number of methoxy groups -OCH3 is 1. The minimum atomic E-state index is -1.93. The molecule has 0 saturated carbocycles. The van der Waals surface area contributed by atoms with Crippen LogP contribution in [0.4, 0.5) is 0 Å². The summed E-state index contributed by atoms with van der Waals surface area (Å²) >= 11 is 0. The third-order valence-corrected chi connectivity index (χ3v) is 10.8. The average Bonchev–Trinajstić information content (AvgIpc) is 3.27. The van der Waals surface area contributed by atoms with Gasteiger partial charge in [0.05, 0.1) is 18.3 Å². The molecule has 1 N–H and O–H groups in total. The fourth-order valence-electron chi connectivity index (χ4n) is 3.53. The molecule has 158 valence electrons. The molecule has 1 aromatic carbocycles. The topological polar surface area (TPSA) is 65.0 Å². The summed E-state index contributed by atoms with van der Waals surface area (Å²) in [5, 5.41) is 1.25. The number of ether oxygens (including phenoxy) is 1. The Morgan fingerprint density at radius 3 is 2.50 bits per heavy atom. The van der Waals surface area contributed by atoms with Crippen LogP contribution in [-0.4, -0.2) is 34.9 Å². The van der Waals surface area contributed by atoms with Crippen molar-refractivity contribution >= 4 is 30.4 Å². The van der Waals surface area contributed by atoms with E-state index >= 15 is 0 Å². The Morgan fingerprint density at radius 1 is 1.10 bits per heavy atom. The number of benzene rings is 1. The van der Waals surface area contributed by atoms with E-state index < -0.39 is 8.32 Å². The predicted molar refractivity (Wildman–Crippen MR) is 124 cm³/mol. The Balaban J connectivity index is 1.85. The lowest BCUT2D eigenvalue weighted by molar-refractivity contribution is 0.138. The predicted octanol–water partition coefficient (Wildman–Crippen LogP) is 6.13. The molecular weight excluding hydrogens is 392 g/mol. The number of H-pyrrole nitrogens is 1. The van der Waals surface area contributed by atoms with Crippen LogP contribution in [0, 0.1) is 0 Å². The summed E-state index contributed by atoms with van der Waals surface area (Å²) in [4.78, 5) is 12.2. The first kappa shape index (κ1) is 20.6. The SMILES string of the molecule is COc1ccc2c(c1)c(-c1cc3nccnc3[nH]1)cn2C(C)O[Si](C)(C)C(C)(C)C. The molecule has 4 rings (SSSR count). The second-order valence-electron chi connectivity index (χ2n) is 9.28. The first-order valence-electron chi connectivity index (χ1n) is 10.3. The molecule has 0 amide bonds. The Hall–Kier alpha value is -2.64. The van der Waals surface area contributed by atoms with Crippen molar-refractivity contribution in [1.82, 2.24) is 19.5 Å². The van der Waals surface area contributed by atoms with Gasteiger partial charge < -0.3 is 18.7 Å². The largest absolute Gasteiger partial charge is 0.497 e. The molecule has 3 heterocycles. The van der Waals surface area contributed by atoms with E-state index in [2.05, 4.69) is 78.6 Å². The van der Waals surface area contributed by atoms with Gasteiger partial charge in [-0.1, -0.05) is 20.8 Å². The van der Waals surface area contributed by atoms with Crippen LogP contribution in [0.5, 0.6) is 5.75 Å². The van der Waals surface area contributed by atoms with Gasteiger partial charge in [0.2, 0.25) is 0 Å². The van der Waals surface area contributed by atoms with Gasteiger partial charge in [0.25, 0.3) is 0 Å². The lowest BCUT2D eigenvalue weighted by Gasteiger charge is -2.38. The molecule has 1 unspecified atom stereocenters. The van der Waals surface area contributed by atoms with Crippen LogP contribution in [0.15, 0.2) is 42.9 Å². The van der Waals surface area contributed by atoms with E-state index in [-0.39, 0.29) is 11.3 Å². The van der Waals surface area contributed by atoms with Crippen molar-refractivity contribution in [3.8, 4) is 17.0 Å². The summed E-state index contributed by atoms with van der Waals surface area (Å²) in [5.41, 5.74) is 4.79. The van der Waals surface area contributed by atoms with Gasteiger partial charge in [-0.05, 0) is 49.3 Å². The Bertz CT molecular complexity index is 1170. The summed E-state index contributed by atoms with van der Waals surface area (Å²) in [7, 11) is -0.233. The number of rotatable bonds is 5. The zero-order chi connectivity index (χ0) is 21.7. The minimum absolute atomic E-state index is 0.0869. The van der Waals surface area contributed by atoms with Crippen LogP contribution in [0.1, 0.15) is 33.9 Å². The van der Waals surface area contributed by atoms with Crippen LogP contribution >= 0.6 is 0 Å². The molecule has 30 heavy (non-hydrogen) atoms. The Kier molecular flexibility index (Phi) is 4.98. The van der Waals surface area contributed by atoms with Crippen molar-refractivity contribution in [2.75, 3.05) is 7.11 Å². The van der Waals surface area contributed by atoms with Gasteiger partial charge in [0, 0.05) is 29.5 Å². The third kappa shape index (κ3) is 3.52. The summed E-state index contributed by atoms with van der Waals surface area (Å²) in [6, 6.07) is 8.21. The molecule has 0 aliphatic rings. The van der Waals surface area contributed by atoms with Gasteiger partial charge in [-0.2, -0.15) is 0 Å². The molecule has 4 aromatic rings. The molecule has 3 aromatic heterocycles. The van der Waals surface area contributed by atoms with E-state index in [4.69, 9.17) is 9.16 Å². The summed E-state index contributed by atoms with van der Waals surface area (Å²) < 4.78 is 14.4. The van der Waals surface area contributed by atoms with Gasteiger partial charge >= 0.3 is 0 Å². The van der Waals surface area contributed by atoms with Crippen molar-refractivity contribution in [3.05, 3.63) is 42.9 Å². The van der Waals surface area contributed by atoms with E-state index in [1.807, 2.05) is 12.1 Å². The van der Waals surface area contributed by atoms with Gasteiger partial charge in [0.15, 0.2) is 14.0 Å². The molecule has 0 aliphatic carbocycles. The van der Waals surface area contributed by atoms with E-state index in [9.17, 15) is 0 Å². The smallest absolute Gasteiger partial charge is 0.194 e. The van der Waals surface area contributed by atoms with E-state index in [1.54, 1.807) is 19.5 Å². The van der Waals surface area contributed by atoms with E-state index in [0.717, 1.165) is 39.1 Å². The highest BCUT2D eigenvalue weighted by atomic mass is 28.4. The second kappa shape index (κ2) is 7.25. The maximum absolute atomic E-state index is 6.70. The molecule has 6 nitrogen and oxygen atoms in total. The monoisotopic (exact) mass is 422 g/mol. The van der Waals surface area contributed by atoms with Crippen molar-refractivity contribution in [3.63, 3.8) is 0 Å². The summed E-state index contributed by atoms with van der Waals surface area (Å²) in [6.45, 7) is 13.5. The number of fused-ring (bicyclic) bond motifs is 2. The molecule has 0 bridgehead atoms. The minimum Gasteiger partial charge on any atom is -0.497 e. The molecule has 0 saturated heterocycles. The highest BCUT2D eigenvalue weighted by molar-refractivity contribution is 6.74. The zero-order valence-corrected chi connectivity index (χ0v) is 19.8. The lowest BCUT2D eigenvalue weighted by atomic mass is 10.1. The molecule has 7 heteroatoms. The molecule has 0 spiro atoms. The van der Waals surface area contributed by atoms with Crippen LogP contribution in [0.2, 0.25) is 18.1 Å². The number of aromatic nitrogens is 4. The summed E-state index contributed by atoms with van der Waals surface area (Å²) in [5.74, 6) is 0.826. The number of hydrogen-bond acceptors (Lipinski definition) is 4. The Morgan fingerprint density at radius 2 is 1.83 bits per heavy atom. The fraction of sp³-hybridized carbons (Fsp3) is 0.391. The van der Waals surface area contributed by atoms with Crippen LogP contribution < -0.4 is 4.74 Å². The lowest BCUT2D eigenvalue weighted by Crippen LogP contribution is -2.42. The van der Waals surface area contributed by atoms with E-state index in [1.165, 1.54) is 0 Å². The second-order valence-corrected chi connectivity index (χ2v) is 14.0. The quantitative estimate of drug-likeness (QED) is 0.393. The first-order valence-corrected chi connectivity index (χ1v) is 13.2. The van der Waals surface area contributed by atoms with Crippen LogP contribution in [-0.2, 0) is 4.43 Å². The highest BCUT2D eigenvalue weighted by Gasteiger charge is 2.39. The Labute approximate surface area is 178 Å². The van der Waals surface area contributed by atoms with Gasteiger partial charge in [-0.25, -0.2) is 4.98 Å². The normalized spacial score (nSPS) is 13.8. The molecule has 0 aliphatic heterocycles. The van der Waals surface area contributed by atoms with Crippen LogP contribution in [0.3, 0.4) is 0 Å². The van der Waals surface area contributed by atoms with Crippen molar-refractivity contribution in [2.45, 2.75) is 52.1 Å². The van der Waals surface area contributed by atoms with Gasteiger partial charge in [-0.15, -0.1) is 0 Å². The average molecular weight is 423 g/mol. The van der Waals surface area contributed by atoms with Crippen molar-refractivity contribution in [1.29, 1.82) is 0 Å². The molecule has 0 radical (unpaired) electrons. The van der Waals surface area contributed by atoms with Gasteiger partial charge in [0.1, 0.15) is 17.5 Å². The number of nitrogens with zero attached hydrogens (tertiary/aromatic N) is 3. The summed E-state index contributed by atoms with van der Waals surface area (Å²) in [6.07, 6.45) is 5.48. The van der Waals surface area contributed by atoms with Gasteiger partial charge in [-0.3, -0.25) is 4.98 Å². The highest BCUT2D eigenvalue weighted by Crippen LogP contribution is 2.41. The maximum Gasteiger partial charge on any atom is 0.194 e. The fourth-order valence-corrected chi connectivity index (χ4v) is 4.85. The zero-order valence-electron chi connectivity index (χ0n) is 18.8. The number of aromatic amines is 1. The van der Waals surface area contributed by atoms with Crippen molar-refractivity contribution in [2.24, 2.45) is 0 Å². The first-order chi connectivity index (χ1) is 14.1. The number of nitrogens with one attached hydrogen (secondary N) is 1. The molecular formula is C23H30N4O2Si. The van der Waals surface area contributed by atoms with Crippen molar-refractivity contribution < 1.29 is 9.16 Å². The maximum atomic E-state index is 6.70. The molecule has 1 atom stereocenters. The van der Waals surface area contributed by atoms with Crippen LogP contribution in [0.25, 0.3) is 33.3 Å². The third-order valence-electron chi connectivity index (χ3n) is 6.25. The molecule has 0 fully saturated rings. The van der Waals surface area contributed by atoms with E-state index in [0.29, 0.717) is 0 Å².